The van der Waals surface area contributed by atoms with Gasteiger partial charge in [0, 0.05) is 16.1 Å². The monoisotopic (exact) mass is 421 g/mol. The first-order chi connectivity index (χ1) is 13.7. The van der Waals surface area contributed by atoms with Crippen molar-refractivity contribution in [1.82, 2.24) is 0 Å². The van der Waals surface area contributed by atoms with Gasteiger partial charge in [-0.1, -0.05) is 23.7 Å². The summed E-state index contributed by atoms with van der Waals surface area (Å²) in [6.07, 6.45) is -1.73. The number of benzene rings is 2. The molecule has 0 aliphatic heterocycles. The first kappa shape index (κ1) is 22.8. The van der Waals surface area contributed by atoms with E-state index in [-0.39, 0.29) is 0 Å². The van der Waals surface area contributed by atoms with E-state index in [1.165, 1.54) is 0 Å². The maximum absolute atomic E-state index is 12.2. The Morgan fingerprint density at radius 2 is 1.79 bits per heavy atom. The van der Waals surface area contributed by atoms with E-state index in [0.717, 1.165) is 0 Å². The molecule has 2 N–H and O–H groups in total. The molecule has 0 aromatic heterocycles. The van der Waals surface area contributed by atoms with E-state index in [4.69, 9.17) is 25.8 Å². The van der Waals surface area contributed by atoms with Crippen LogP contribution in [-0.4, -0.2) is 30.0 Å². The van der Waals surface area contributed by atoms with Gasteiger partial charge in [0.25, 0.3) is 0 Å². The van der Waals surface area contributed by atoms with E-state index in [2.05, 4.69) is 5.32 Å². The van der Waals surface area contributed by atoms with Crippen molar-refractivity contribution in [1.29, 1.82) is 0 Å². The quantitative estimate of drug-likeness (QED) is 0.611. The Hall–Kier alpha value is -2.44. The van der Waals surface area contributed by atoms with Gasteiger partial charge in [0.05, 0.1) is 18.9 Å². The molecule has 7 heteroatoms. The zero-order valence-electron chi connectivity index (χ0n) is 17.4. The van der Waals surface area contributed by atoms with E-state index in [1.54, 1.807) is 57.2 Å². The van der Waals surface area contributed by atoms with Gasteiger partial charge in [-0.3, -0.25) is 5.32 Å². The molecule has 2 aromatic rings. The first-order valence-electron chi connectivity index (χ1n) is 9.52. The van der Waals surface area contributed by atoms with Crippen LogP contribution in [0.1, 0.15) is 51.8 Å². The van der Waals surface area contributed by atoms with Crippen molar-refractivity contribution >= 4 is 23.4 Å². The first-order valence-corrected chi connectivity index (χ1v) is 9.90. The lowest BCUT2D eigenvalue weighted by Crippen LogP contribution is -2.27. The lowest BCUT2D eigenvalue weighted by molar-refractivity contribution is 0.0635. The van der Waals surface area contributed by atoms with Crippen LogP contribution in [-0.2, 0) is 4.74 Å². The van der Waals surface area contributed by atoms with Gasteiger partial charge in [-0.05, 0) is 58.9 Å². The summed E-state index contributed by atoms with van der Waals surface area (Å²) in [5.41, 5.74) is 0.661. The van der Waals surface area contributed by atoms with Gasteiger partial charge in [0.2, 0.25) is 0 Å². The van der Waals surface area contributed by atoms with Crippen molar-refractivity contribution in [3.63, 3.8) is 0 Å². The maximum atomic E-state index is 12.2. The maximum Gasteiger partial charge on any atom is 0.412 e. The number of hydrogen-bond donors (Lipinski definition) is 2. The second kappa shape index (κ2) is 9.85. The molecule has 0 fully saturated rings. The fourth-order valence-electron chi connectivity index (χ4n) is 2.77. The fraction of sp³-hybridized carbons (Fsp3) is 0.409. The van der Waals surface area contributed by atoms with Crippen LogP contribution in [0.4, 0.5) is 10.5 Å². The van der Waals surface area contributed by atoms with E-state index in [9.17, 15) is 9.90 Å². The van der Waals surface area contributed by atoms with Gasteiger partial charge in [-0.2, -0.15) is 0 Å². The van der Waals surface area contributed by atoms with Crippen molar-refractivity contribution in [2.45, 2.75) is 46.3 Å². The number of anilines is 1. The number of halogens is 1. The molecule has 6 nitrogen and oxygen atoms in total. The molecular weight excluding hydrogens is 394 g/mol. The Bertz CT molecular complexity index is 848. The van der Waals surface area contributed by atoms with Crippen LogP contribution in [0.3, 0.4) is 0 Å². The summed E-state index contributed by atoms with van der Waals surface area (Å²) in [6, 6.07) is 10.2. The molecule has 0 saturated carbocycles. The van der Waals surface area contributed by atoms with E-state index in [0.29, 0.717) is 46.5 Å². The number of amides is 1. The summed E-state index contributed by atoms with van der Waals surface area (Å²) < 4.78 is 16.7. The number of carbonyl (C=O) groups is 1. The van der Waals surface area contributed by atoms with Gasteiger partial charge >= 0.3 is 6.09 Å². The van der Waals surface area contributed by atoms with E-state index in [1.807, 2.05) is 13.8 Å². The zero-order chi connectivity index (χ0) is 21.6. The molecule has 158 valence electrons. The molecule has 1 atom stereocenters. The standard InChI is InChI=1S/C22H28ClNO5/c1-6-27-18-10-8-9-15(20(18)28-7-2)19(25)16-13-14(23)11-12-17(16)24-21(26)29-22(3,4)5/h8-13,19,25H,6-7H2,1-5H3,(H,24,26). The molecule has 2 rings (SSSR count). The molecule has 0 saturated heterocycles. The summed E-state index contributed by atoms with van der Waals surface area (Å²) in [6.45, 7) is 9.92. The van der Waals surface area contributed by atoms with Gasteiger partial charge < -0.3 is 19.3 Å². The average Bonchev–Trinajstić information content (AvgIpc) is 2.63. The minimum absolute atomic E-state index is 0.389. The van der Waals surface area contributed by atoms with Crippen LogP contribution in [0.15, 0.2) is 36.4 Å². The third kappa shape index (κ3) is 6.27. The Labute approximate surface area is 176 Å². The Morgan fingerprint density at radius 1 is 1.10 bits per heavy atom. The molecular formula is C22H28ClNO5. The second-order valence-corrected chi connectivity index (χ2v) is 7.74. The molecule has 0 aliphatic carbocycles. The minimum atomic E-state index is -1.11. The highest BCUT2D eigenvalue weighted by Crippen LogP contribution is 2.40. The average molecular weight is 422 g/mol. The van der Waals surface area contributed by atoms with Crippen molar-refractivity contribution in [3.05, 3.63) is 52.5 Å². The molecule has 0 aliphatic rings. The third-order valence-corrected chi connectivity index (χ3v) is 4.07. The molecule has 1 unspecified atom stereocenters. The van der Waals surface area contributed by atoms with Crippen molar-refractivity contribution in [2.75, 3.05) is 18.5 Å². The van der Waals surface area contributed by atoms with Gasteiger partial charge in [0.1, 0.15) is 11.7 Å². The Balaban J connectivity index is 2.45. The molecule has 0 bridgehead atoms. The lowest BCUT2D eigenvalue weighted by Gasteiger charge is -2.23. The topological polar surface area (TPSA) is 77.0 Å². The third-order valence-electron chi connectivity index (χ3n) is 3.84. The highest BCUT2D eigenvalue weighted by Gasteiger charge is 2.24. The van der Waals surface area contributed by atoms with Crippen molar-refractivity contribution in [2.24, 2.45) is 0 Å². The lowest BCUT2D eigenvalue weighted by atomic mass is 9.98. The Kier molecular flexibility index (Phi) is 7.76. The number of para-hydroxylation sites is 1. The normalized spacial score (nSPS) is 12.2. The molecule has 1 amide bonds. The summed E-state index contributed by atoms with van der Waals surface area (Å²) in [5.74, 6) is 0.988. The molecule has 29 heavy (non-hydrogen) atoms. The van der Waals surface area contributed by atoms with Crippen LogP contribution < -0.4 is 14.8 Å². The van der Waals surface area contributed by atoms with Crippen molar-refractivity contribution < 1.29 is 24.1 Å². The molecule has 2 aromatic carbocycles. The summed E-state index contributed by atoms with van der Waals surface area (Å²) in [4.78, 5) is 12.2. The molecule has 0 heterocycles. The van der Waals surface area contributed by atoms with Crippen LogP contribution in [0.2, 0.25) is 5.02 Å². The van der Waals surface area contributed by atoms with E-state index < -0.39 is 17.8 Å². The molecule has 0 spiro atoms. The highest BCUT2D eigenvalue weighted by atomic mass is 35.5. The smallest absolute Gasteiger partial charge is 0.412 e. The largest absolute Gasteiger partial charge is 0.490 e. The summed E-state index contributed by atoms with van der Waals surface area (Å²) in [7, 11) is 0. The predicted octanol–water partition coefficient (Wildman–Crippen LogP) is 5.57. The van der Waals surface area contributed by atoms with Gasteiger partial charge in [-0.15, -0.1) is 0 Å². The fourth-order valence-corrected chi connectivity index (χ4v) is 2.95. The predicted molar refractivity (Wildman–Crippen MR) is 114 cm³/mol. The number of aliphatic hydroxyl groups excluding tert-OH is 1. The number of nitrogens with one attached hydrogen (secondary N) is 1. The van der Waals surface area contributed by atoms with Crippen molar-refractivity contribution in [3.8, 4) is 11.5 Å². The zero-order valence-corrected chi connectivity index (χ0v) is 18.2. The Morgan fingerprint density at radius 3 is 2.41 bits per heavy atom. The number of aliphatic hydroxyl groups is 1. The van der Waals surface area contributed by atoms with E-state index >= 15 is 0 Å². The number of rotatable bonds is 7. The van der Waals surface area contributed by atoms with Crippen LogP contribution in [0.5, 0.6) is 11.5 Å². The number of carbonyl (C=O) groups excluding carboxylic acids is 1. The van der Waals surface area contributed by atoms with Gasteiger partial charge in [0.15, 0.2) is 11.5 Å². The van der Waals surface area contributed by atoms with Crippen LogP contribution >= 0.6 is 11.6 Å². The number of ether oxygens (including phenoxy) is 3. The summed E-state index contributed by atoms with van der Waals surface area (Å²) in [5, 5.41) is 14.3. The minimum Gasteiger partial charge on any atom is -0.490 e. The highest BCUT2D eigenvalue weighted by molar-refractivity contribution is 6.30. The second-order valence-electron chi connectivity index (χ2n) is 7.30. The number of hydrogen-bond acceptors (Lipinski definition) is 5. The van der Waals surface area contributed by atoms with Crippen LogP contribution in [0.25, 0.3) is 0 Å². The summed E-state index contributed by atoms with van der Waals surface area (Å²) >= 11 is 6.16. The van der Waals surface area contributed by atoms with Crippen LogP contribution in [0, 0.1) is 0 Å². The van der Waals surface area contributed by atoms with Gasteiger partial charge in [-0.25, -0.2) is 4.79 Å². The SMILES string of the molecule is CCOc1cccc(C(O)c2cc(Cl)ccc2NC(=O)OC(C)(C)C)c1OCC. The molecule has 0 radical (unpaired) electrons.